The second kappa shape index (κ2) is 16.3. The summed E-state index contributed by atoms with van der Waals surface area (Å²) >= 11 is 0. The van der Waals surface area contributed by atoms with Gasteiger partial charge >= 0.3 is 24.7 Å². The first-order valence-electron chi connectivity index (χ1n) is 18.4. The molecule has 0 unspecified atom stereocenters. The molecule has 322 valence electrons. The summed E-state index contributed by atoms with van der Waals surface area (Å²) < 4.78 is 191. The van der Waals surface area contributed by atoms with Crippen LogP contribution in [0.25, 0.3) is 11.1 Å². The van der Waals surface area contributed by atoms with Crippen LogP contribution in [0, 0.1) is 0 Å². The van der Waals surface area contributed by atoms with E-state index in [9.17, 15) is 52.7 Å². The van der Waals surface area contributed by atoms with Crippen molar-refractivity contribution in [2.45, 2.75) is 24.7 Å². The highest BCUT2D eigenvalue weighted by Gasteiger charge is 2.38. The molecule has 0 saturated carbocycles. The van der Waals surface area contributed by atoms with Crippen molar-refractivity contribution in [2.24, 2.45) is 0 Å². The molecule has 0 saturated heterocycles. The topological polar surface area (TPSA) is 36.9 Å². The van der Waals surface area contributed by atoms with Crippen LogP contribution in [-0.2, 0) is 24.7 Å². The molecule has 0 aromatic heterocycles. The van der Waals surface area contributed by atoms with Gasteiger partial charge in [0.25, 0.3) is 0 Å². The molecule has 0 amide bonds. The summed E-state index contributed by atoms with van der Waals surface area (Å²) in [6, 6.07) is 23.0. The van der Waals surface area contributed by atoms with E-state index in [1.165, 1.54) is 48.5 Å². The minimum absolute atomic E-state index is 0.00375. The fraction of sp³-hybridized carbons (Fsp3) is 0.182. The number of hydrogen-bond donors (Lipinski definition) is 0. The molecule has 0 fully saturated rings. The van der Waals surface area contributed by atoms with Gasteiger partial charge < -0.3 is 18.9 Å². The molecule has 0 atom stereocenters. The smallest absolute Gasteiger partial charge is 0.416 e. The molecule has 0 radical (unpaired) electrons. The van der Waals surface area contributed by atoms with Gasteiger partial charge in [-0.05, 0) is 120 Å². The predicted octanol–water partition coefficient (Wildman–Crippen LogP) is 10.5. The Labute approximate surface area is 347 Å². The number of benzene rings is 6. The van der Waals surface area contributed by atoms with Crippen LogP contribution in [0.1, 0.15) is 22.3 Å². The van der Waals surface area contributed by atoms with E-state index in [0.29, 0.717) is 10.6 Å². The molecule has 62 heavy (non-hydrogen) atoms. The van der Waals surface area contributed by atoms with Gasteiger partial charge in [-0.25, -0.2) is 0 Å². The number of hydrogen-bond acceptors (Lipinski definition) is 4. The van der Waals surface area contributed by atoms with E-state index in [0.717, 1.165) is 48.5 Å². The van der Waals surface area contributed by atoms with Crippen LogP contribution in [-0.4, -0.2) is 26.4 Å². The largest absolute Gasteiger partial charge is 0.486 e. The zero-order valence-electron chi connectivity index (χ0n) is 31.4. The van der Waals surface area contributed by atoms with Crippen molar-refractivity contribution in [1.82, 2.24) is 0 Å². The molecule has 2 heterocycles. The minimum Gasteiger partial charge on any atom is -0.486 e. The molecule has 6 aromatic carbocycles. The number of ether oxygens (including phenoxy) is 4. The van der Waals surface area contributed by atoms with Crippen molar-refractivity contribution in [1.29, 1.82) is 0 Å². The summed E-state index contributed by atoms with van der Waals surface area (Å²) in [5, 5.41) is 1.79. The van der Waals surface area contributed by atoms with Crippen molar-refractivity contribution >= 4 is 47.7 Å². The van der Waals surface area contributed by atoms with Crippen molar-refractivity contribution in [2.75, 3.05) is 26.4 Å². The van der Waals surface area contributed by atoms with Crippen LogP contribution in [0.2, 0.25) is 0 Å². The fourth-order valence-corrected chi connectivity index (χ4v) is 11.9. The highest BCUT2D eigenvalue weighted by Crippen LogP contribution is 2.53. The van der Waals surface area contributed by atoms with Crippen LogP contribution in [0.3, 0.4) is 0 Å². The summed E-state index contributed by atoms with van der Waals surface area (Å²) in [6.45, 7) is 0.190. The van der Waals surface area contributed by atoms with Crippen LogP contribution in [0.15, 0.2) is 121 Å². The molecule has 4 nitrogen and oxygen atoms in total. The van der Waals surface area contributed by atoms with Gasteiger partial charge in [-0.3, -0.25) is 0 Å². The lowest BCUT2D eigenvalue weighted by atomic mass is 10.0. The quantitative estimate of drug-likeness (QED) is 0.118. The maximum Gasteiger partial charge on any atom is 0.416 e. The minimum atomic E-state index is -4.72. The van der Waals surface area contributed by atoms with Crippen LogP contribution in [0.4, 0.5) is 52.7 Å². The van der Waals surface area contributed by atoms with Gasteiger partial charge in [0.1, 0.15) is 26.4 Å². The zero-order chi connectivity index (χ0) is 44.2. The zero-order valence-corrected chi connectivity index (χ0v) is 33.2. The van der Waals surface area contributed by atoms with Gasteiger partial charge in [-0.2, -0.15) is 52.7 Å². The maximum atomic E-state index is 13.9. The Balaban J connectivity index is 1.45. The Kier molecular flexibility index (Phi) is 11.4. The third kappa shape index (κ3) is 8.64. The van der Waals surface area contributed by atoms with Crippen LogP contribution in [0.5, 0.6) is 23.0 Å². The highest BCUT2D eigenvalue weighted by molar-refractivity contribution is 7.80. The van der Waals surface area contributed by atoms with Gasteiger partial charge in [-0.1, -0.05) is 48.5 Å². The normalized spacial score (nSPS) is 14.4. The molecule has 0 aliphatic carbocycles. The Morgan fingerprint density at radius 3 is 0.790 bits per heavy atom. The number of rotatable bonds is 7. The molecular weight excluding hydrogens is 882 g/mol. The predicted molar refractivity (Wildman–Crippen MR) is 211 cm³/mol. The fourth-order valence-electron chi connectivity index (χ4n) is 7.12. The lowest BCUT2D eigenvalue weighted by Crippen LogP contribution is -2.29. The van der Waals surface area contributed by atoms with E-state index in [-0.39, 0.29) is 81.8 Å². The average molecular weight is 911 g/mol. The lowest BCUT2D eigenvalue weighted by molar-refractivity contribution is -0.138. The van der Waals surface area contributed by atoms with E-state index in [2.05, 4.69) is 0 Å². The first-order valence-corrected chi connectivity index (χ1v) is 21.1. The Morgan fingerprint density at radius 2 is 0.548 bits per heavy atom. The van der Waals surface area contributed by atoms with Gasteiger partial charge in [0, 0.05) is 11.1 Å². The molecule has 0 bridgehead atoms. The van der Waals surface area contributed by atoms with E-state index in [4.69, 9.17) is 18.9 Å². The Bertz CT molecular complexity index is 2280. The van der Waals surface area contributed by atoms with Crippen molar-refractivity contribution in [3.05, 3.63) is 144 Å². The average Bonchev–Trinajstić information content (AvgIpc) is 3.23. The second-order valence-corrected chi connectivity index (χ2v) is 18.2. The van der Waals surface area contributed by atoms with Crippen LogP contribution < -0.4 is 50.8 Å². The summed E-state index contributed by atoms with van der Waals surface area (Å²) in [6.07, 6.45) is -18.9. The lowest BCUT2D eigenvalue weighted by Gasteiger charge is -2.32. The van der Waals surface area contributed by atoms with E-state index >= 15 is 0 Å². The molecule has 6 aromatic rings. The van der Waals surface area contributed by atoms with E-state index < -0.39 is 62.8 Å². The number of fused-ring (bicyclic) bond motifs is 2. The molecule has 0 spiro atoms. The van der Waals surface area contributed by atoms with E-state index in [1.807, 2.05) is 0 Å². The monoisotopic (exact) mass is 910 g/mol. The summed E-state index contributed by atoms with van der Waals surface area (Å²) in [5.41, 5.74) is -3.47. The maximum absolute atomic E-state index is 13.9. The highest BCUT2D eigenvalue weighted by atomic mass is 31.1. The van der Waals surface area contributed by atoms with Gasteiger partial charge in [0.05, 0.1) is 22.3 Å². The molecule has 0 N–H and O–H groups in total. The van der Waals surface area contributed by atoms with E-state index in [1.54, 1.807) is 24.3 Å². The molecule has 8 rings (SSSR count). The molecular formula is C44H28F12O4P2. The standard InChI is InChI=1S/C44H28F12O4P2/c45-41(46,47)25-1-9-29(10-2-25)61(30-11-3-26(4-12-30)42(48,49)50)35-19-17-33-39(59-23-21-57-33)37(35)38-36(20-18-34-40(38)60-24-22-58-34)62(31-13-5-27(6-14-31)43(51,52)53)32-15-7-28(8-16-32)44(54,55)56/h1-20H,21-24H2. The second-order valence-electron chi connectivity index (χ2n) is 13.8. The SMILES string of the molecule is FC(F)(F)c1ccc(P(c2ccc(C(F)(F)F)cc2)c2ccc3c(c2-c2c(P(c4ccc(C(F)(F)F)cc4)c4ccc(C(F)(F)F)cc4)ccc4c2OCCO4)OCCO3)cc1. The number of halogens is 12. The first-order chi connectivity index (χ1) is 29.3. The molecule has 2 aliphatic rings. The number of alkyl halides is 12. The van der Waals surface area contributed by atoms with Gasteiger partial charge in [0.2, 0.25) is 0 Å². The Morgan fingerprint density at radius 1 is 0.306 bits per heavy atom. The van der Waals surface area contributed by atoms with Crippen molar-refractivity contribution in [3.63, 3.8) is 0 Å². The third-order valence-corrected chi connectivity index (χ3v) is 14.9. The van der Waals surface area contributed by atoms with Gasteiger partial charge in [-0.15, -0.1) is 0 Å². The van der Waals surface area contributed by atoms with Crippen LogP contribution >= 0.6 is 15.8 Å². The molecule has 2 aliphatic heterocycles. The van der Waals surface area contributed by atoms with Crippen molar-refractivity contribution in [3.8, 4) is 34.1 Å². The summed E-state index contributed by atoms with van der Waals surface area (Å²) in [5.74, 6) is 0.634. The van der Waals surface area contributed by atoms with Gasteiger partial charge in [0.15, 0.2) is 23.0 Å². The third-order valence-electron chi connectivity index (χ3n) is 9.92. The summed E-state index contributed by atoms with van der Waals surface area (Å²) in [4.78, 5) is 0. The molecule has 18 heteroatoms. The van der Waals surface area contributed by atoms with Crippen molar-refractivity contribution < 1.29 is 71.6 Å². The summed E-state index contributed by atoms with van der Waals surface area (Å²) in [7, 11) is -4.20. The first kappa shape index (κ1) is 43.2. The Hall–Kier alpha value is -5.46.